The first kappa shape index (κ1) is 14.0. The van der Waals surface area contributed by atoms with E-state index in [2.05, 4.69) is 40.0 Å². The minimum absolute atomic E-state index is 0.0554. The van der Waals surface area contributed by atoms with Gasteiger partial charge in [0.15, 0.2) is 0 Å². The molecule has 1 aromatic heterocycles. The van der Waals surface area contributed by atoms with Gasteiger partial charge in [0, 0.05) is 29.6 Å². The van der Waals surface area contributed by atoms with Crippen LogP contribution in [0.4, 0.5) is 0 Å². The predicted octanol–water partition coefficient (Wildman–Crippen LogP) is 3.11. The lowest BCUT2D eigenvalue weighted by molar-refractivity contribution is 0.0904. The molecule has 1 amide bonds. The summed E-state index contributed by atoms with van der Waals surface area (Å²) in [5.41, 5.74) is 0. The molecule has 1 fully saturated rings. The first-order valence-electron chi connectivity index (χ1n) is 6.36. The van der Waals surface area contributed by atoms with Crippen LogP contribution in [0.3, 0.4) is 0 Å². The Bertz CT molecular complexity index is 411. The van der Waals surface area contributed by atoms with Gasteiger partial charge < -0.3 is 10.2 Å². The number of piperidine rings is 1. The molecule has 1 aromatic rings. The Balaban J connectivity index is 1.85. The highest BCUT2D eigenvalue weighted by atomic mass is 79.9. The maximum Gasteiger partial charge on any atom is 0.262 e. The fourth-order valence-corrected chi connectivity index (χ4v) is 3.72. The third-order valence-corrected chi connectivity index (χ3v) is 5.25. The zero-order chi connectivity index (χ0) is 13.1. The first-order chi connectivity index (χ1) is 8.58. The third-order valence-electron chi connectivity index (χ3n) is 3.42. The van der Waals surface area contributed by atoms with Crippen molar-refractivity contribution in [3.8, 4) is 0 Å². The molecule has 0 aromatic carbocycles. The molecule has 0 unspecified atom stereocenters. The zero-order valence-electron chi connectivity index (χ0n) is 10.8. The molecule has 1 N–H and O–H groups in total. The molecule has 0 aliphatic carbocycles. The van der Waals surface area contributed by atoms with Crippen molar-refractivity contribution in [1.29, 1.82) is 0 Å². The van der Waals surface area contributed by atoms with Gasteiger partial charge in [-0.05, 0) is 54.1 Å². The van der Waals surface area contributed by atoms with E-state index in [4.69, 9.17) is 0 Å². The predicted molar refractivity (Wildman–Crippen MR) is 79.2 cm³/mol. The summed E-state index contributed by atoms with van der Waals surface area (Å²) < 4.78 is 0.893. The number of hydrogen-bond acceptors (Lipinski definition) is 3. The molecule has 0 saturated carbocycles. The Morgan fingerprint density at radius 1 is 1.50 bits per heavy atom. The van der Waals surface area contributed by atoms with E-state index in [1.54, 1.807) is 0 Å². The van der Waals surface area contributed by atoms with Gasteiger partial charge in [0.05, 0.1) is 0 Å². The first-order valence-corrected chi connectivity index (χ1v) is 8.03. The zero-order valence-corrected chi connectivity index (χ0v) is 13.2. The average molecular weight is 331 g/mol. The van der Waals surface area contributed by atoms with E-state index in [0.29, 0.717) is 12.1 Å². The summed E-state index contributed by atoms with van der Waals surface area (Å²) in [6.07, 6.45) is 2.10. The molecular formula is C13H19BrN2OS. The lowest BCUT2D eigenvalue weighted by atomic mass is 10.0. The van der Waals surface area contributed by atoms with Crippen LogP contribution in [-0.4, -0.2) is 36.0 Å². The Hall–Kier alpha value is -0.390. The van der Waals surface area contributed by atoms with Crippen molar-refractivity contribution in [2.24, 2.45) is 0 Å². The molecule has 1 aliphatic heterocycles. The second-order valence-electron chi connectivity index (χ2n) is 4.98. The van der Waals surface area contributed by atoms with Gasteiger partial charge in [-0.15, -0.1) is 11.3 Å². The summed E-state index contributed by atoms with van der Waals surface area (Å²) in [5.74, 6) is 0.0554. The Morgan fingerprint density at radius 3 is 2.67 bits per heavy atom. The number of nitrogens with one attached hydrogen (secondary N) is 1. The highest BCUT2D eigenvalue weighted by Crippen LogP contribution is 2.23. The molecule has 0 bridgehead atoms. The molecular weight excluding hydrogens is 312 g/mol. The maximum atomic E-state index is 12.1. The van der Waals surface area contributed by atoms with Crippen LogP contribution in [0.5, 0.6) is 0 Å². The van der Waals surface area contributed by atoms with Crippen LogP contribution in [0.2, 0.25) is 0 Å². The molecule has 2 rings (SSSR count). The molecule has 0 atom stereocenters. The van der Waals surface area contributed by atoms with Crippen molar-refractivity contribution >= 4 is 33.2 Å². The van der Waals surface area contributed by atoms with E-state index in [9.17, 15) is 4.79 Å². The topological polar surface area (TPSA) is 32.3 Å². The van der Waals surface area contributed by atoms with Gasteiger partial charge in [0.25, 0.3) is 5.91 Å². The Labute approximate surface area is 121 Å². The number of hydrogen-bond donors (Lipinski definition) is 1. The summed E-state index contributed by atoms with van der Waals surface area (Å²) in [6, 6.07) is 2.84. The molecule has 5 heteroatoms. The van der Waals surface area contributed by atoms with Crippen LogP contribution >= 0.6 is 27.3 Å². The number of nitrogens with zero attached hydrogens (tertiary/aromatic N) is 1. The van der Waals surface area contributed by atoms with E-state index in [1.165, 1.54) is 11.3 Å². The quantitative estimate of drug-likeness (QED) is 0.923. The molecule has 100 valence electrons. The second-order valence-corrected chi connectivity index (χ2v) is 6.75. The van der Waals surface area contributed by atoms with Crippen molar-refractivity contribution in [2.75, 3.05) is 13.1 Å². The van der Waals surface area contributed by atoms with E-state index >= 15 is 0 Å². The van der Waals surface area contributed by atoms with Crippen molar-refractivity contribution < 1.29 is 4.79 Å². The van der Waals surface area contributed by atoms with Crippen LogP contribution in [0.25, 0.3) is 0 Å². The second kappa shape index (κ2) is 6.17. The van der Waals surface area contributed by atoms with Crippen LogP contribution in [-0.2, 0) is 0 Å². The summed E-state index contributed by atoms with van der Waals surface area (Å²) in [6.45, 7) is 6.60. The van der Waals surface area contributed by atoms with Crippen molar-refractivity contribution in [2.45, 2.75) is 38.8 Å². The highest BCUT2D eigenvalue weighted by molar-refractivity contribution is 9.10. The summed E-state index contributed by atoms with van der Waals surface area (Å²) in [7, 11) is 0. The number of halogens is 1. The van der Waals surface area contributed by atoms with Gasteiger partial charge in [-0.2, -0.15) is 0 Å². The molecule has 1 saturated heterocycles. The minimum atomic E-state index is 0.0554. The summed E-state index contributed by atoms with van der Waals surface area (Å²) >= 11 is 4.88. The van der Waals surface area contributed by atoms with E-state index in [1.807, 2.05) is 11.4 Å². The number of carbonyl (C=O) groups excluding carboxylic acids is 1. The molecule has 0 radical (unpaired) electrons. The molecule has 18 heavy (non-hydrogen) atoms. The lowest BCUT2D eigenvalue weighted by Crippen LogP contribution is -2.46. The smallest absolute Gasteiger partial charge is 0.262 e. The van der Waals surface area contributed by atoms with Crippen molar-refractivity contribution in [3.63, 3.8) is 0 Å². The lowest BCUT2D eigenvalue weighted by Gasteiger charge is -2.34. The van der Waals surface area contributed by atoms with Gasteiger partial charge in [-0.1, -0.05) is 0 Å². The van der Waals surface area contributed by atoms with E-state index in [0.717, 1.165) is 35.3 Å². The fourth-order valence-electron chi connectivity index (χ4n) is 2.27. The Kier molecular flexibility index (Phi) is 4.81. The standard InChI is InChI=1S/C13H19BrN2OS/c1-9(2)16-6-3-10(4-7-16)15-13(17)12-11(14)5-8-18-12/h5,8-10H,3-4,6-7H2,1-2H3,(H,15,17). The summed E-state index contributed by atoms with van der Waals surface area (Å²) in [5, 5.41) is 5.07. The molecule has 3 nitrogen and oxygen atoms in total. The van der Waals surface area contributed by atoms with Gasteiger partial charge in [0.2, 0.25) is 0 Å². The van der Waals surface area contributed by atoms with Crippen molar-refractivity contribution in [3.05, 3.63) is 20.8 Å². The van der Waals surface area contributed by atoms with Gasteiger partial charge >= 0.3 is 0 Å². The third kappa shape index (κ3) is 3.33. The van der Waals surface area contributed by atoms with E-state index in [-0.39, 0.29) is 5.91 Å². The van der Waals surface area contributed by atoms with Crippen LogP contribution in [0.1, 0.15) is 36.4 Å². The van der Waals surface area contributed by atoms with Gasteiger partial charge in [0.1, 0.15) is 4.88 Å². The number of carbonyl (C=O) groups is 1. The van der Waals surface area contributed by atoms with Crippen LogP contribution in [0.15, 0.2) is 15.9 Å². The Morgan fingerprint density at radius 2 is 2.17 bits per heavy atom. The largest absolute Gasteiger partial charge is 0.348 e. The normalized spacial score (nSPS) is 18.2. The van der Waals surface area contributed by atoms with Crippen LogP contribution < -0.4 is 5.32 Å². The number of thiophene rings is 1. The van der Waals surface area contributed by atoms with Gasteiger partial charge in [-0.3, -0.25) is 4.79 Å². The fraction of sp³-hybridized carbons (Fsp3) is 0.615. The molecule has 2 heterocycles. The molecule has 0 spiro atoms. The number of likely N-dealkylation sites (tertiary alicyclic amines) is 1. The maximum absolute atomic E-state index is 12.1. The monoisotopic (exact) mass is 330 g/mol. The van der Waals surface area contributed by atoms with Crippen molar-refractivity contribution in [1.82, 2.24) is 10.2 Å². The number of rotatable bonds is 3. The number of amides is 1. The molecule has 1 aliphatic rings. The van der Waals surface area contributed by atoms with Gasteiger partial charge in [-0.25, -0.2) is 0 Å². The SMILES string of the molecule is CC(C)N1CCC(NC(=O)c2sccc2Br)CC1. The highest BCUT2D eigenvalue weighted by Gasteiger charge is 2.23. The van der Waals surface area contributed by atoms with E-state index < -0.39 is 0 Å². The minimum Gasteiger partial charge on any atom is -0.348 e. The average Bonchev–Trinajstić information content (AvgIpc) is 2.76. The summed E-state index contributed by atoms with van der Waals surface area (Å²) in [4.78, 5) is 15.3. The van der Waals surface area contributed by atoms with Crippen LogP contribution in [0, 0.1) is 0 Å².